The molecule has 1 N–H and O–H groups in total. The van der Waals surface area contributed by atoms with Crippen molar-refractivity contribution in [1.82, 2.24) is 25.0 Å². The average Bonchev–Trinajstić information content (AvgIpc) is 3.33. The second-order valence-corrected chi connectivity index (χ2v) is 6.31. The average molecular weight is 359 g/mol. The topological polar surface area (TPSA) is 92.8 Å². The molecule has 138 valence electrons. The van der Waals surface area contributed by atoms with Crippen LogP contribution in [-0.2, 0) is 11.3 Å². The number of aromatic nitrogens is 3. The van der Waals surface area contributed by atoms with Crippen molar-refractivity contribution in [2.75, 3.05) is 33.0 Å². The molecule has 1 amide bonds. The molecular formula is C17H21N5O4. The number of hydrogen-bond acceptors (Lipinski definition) is 7. The Morgan fingerprint density at radius 3 is 2.85 bits per heavy atom. The largest absolute Gasteiger partial charge is 0.481 e. The summed E-state index contributed by atoms with van der Waals surface area (Å²) in [7, 11) is 0. The lowest BCUT2D eigenvalue weighted by molar-refractivity contribution is -0.139. The van der Waals surface area contributed by atoms with Gasteiger partial charge in [-0.05, 0) is 19.1 Å². The van der Waals surface area contributed by atoms with Crippen LogP contribution in [0.2, 0.25) is 0 Å². The second-order valence-electron chi connectivity index (χ2n) is 6.31. The number of ether oxygens (including phenoxy) is 3. The Balaban J connectivity index is 1.29. The minimum Gasteiger partial charge on any atom is -0.481 e. The van der Waals surface area contributed by atoms with E-state index in [-0.39, 0.29) is 12.7 Å². The number of rotatable bonds is 5. The lowest BCUT2D eigenvalue weighted by Crippen LogP contribution is -2.51. The Hall–Kier alpha value is -2.81. The fourth-order valence-electron chi connectivity index (χ4n) is 3.11. The van der Waals surface area contributed by atoms with Gasteiger partial charge in [0.2, 0.25) is 6.79 Å². The van der Waals surface area contributed by atoms with E-state index in [9.17, 15) is 4.79 Å². The van der Waals surface area contributed by atoms with Crippen LogP contribution in [0.3, 0.4) is 0 Å². The summed E-state index contributed by atoms with van der Waals surface area (Å²) in [5.74, 6) is 2.76. The van der Waals surface area contributed by atoms with Crippen LogP contribution in [0.4, 0.5) is 0 Å². The molecule has 2 aliphatic heterocycles. The number of carbonyl (C=O) groups excluding carboxylic acids is 1. The van der Waals surface area contributed by atoms with E-state index in [2.05, 4.69) is 20.1 Å². The van der Waals surface area contributed by atoms with Crippen LogP contribution < -0.4 is 14.2 Å². The van der Waals surface area contributed by atoms with E-state index in [1.807, 2.05) is 4.90 Å². The zero-order valence-electron chi connectivity index (χ0n) is 14.6. The molecule has 0 spiro atoms. The molecule has 0 aliphatic carbocycles. The Labute approximate surface area is 150 Å². The van der Waals surface area contributed by atoms with Gasteiger partial charge >= 0.3 is 0 Å². The minimum absolute atomic E-state index is 0.0121. The van der Waals surface area contributed by atoms with Crippen LogP contribution in [0.5, 0.6) is 17.2 Å². The molecule has 9 heteroatoms. The Morgan fingerprint density at radius 2 is 2.08 bits per heavy atom. The second kappa shape index (κ2) is 7.20. The van der Waals surface area contributed by atoms with Crippen LogP contribution in [-0.4, -0.2) is 70.0 Å². The van der Waals surface area contributed by atoms with Crippen molar-refractivity contribution in [3.05, 3.63) is 30.4 Å². The number of benzene rings is 1. The molecule has 1 unspecified atom stereocenters. The number of nitrogens with zero attached hydrogens (tertiary/aromatic N) is 4. The van der Waals surface area contributed by atoms with Gasteiger partial charge in [-0.15, -0.1) is 0 Å². The van der Waals surface area contributed by atoms with Gasteiger partial charge in [0.1, 0.15) is 17.9 Å². The number of piperazine rings is 1. The normalized spacial score (nSPS) is 18.0. The van der Waals surface area contributed by atoms with E-state index in [1.54, 1.807) is 25.1 Å². The van der Waals surface area contributed by atoms with E-state index in [4.69, 9.17) is 14.2 Å². The van der Waals surface area contributed by atoms with Crippen molar-refractivity contribution in [2.24, 2.45) is 0 Å². The molecule has 3 heterocycles. The molecule has 1 fully saturated rings. The smallest absolute Gasteiger partial charge is 0.263 e. The maximum absolute atomic E-state index is 12.7. The van der Waals surface area contributed by atoms with E-state index in [1.165, 1.54) is 6.33 Å². The molecule has 26 heavy (non-hydrogen) atoms. The molecule has 4 rings (SSSR count). The summed E-state index contributed by atoms with van der Waals surface area (Å²) in [6.07, 6.45) is 0.945. The zero-order chi connectivity index (χ0) is 17.9. The molecule has 1 atom stereocenters. The lowest BCUT2D eigenvalue weighted by atomic mass is 10.2. The predicted molar refractivity (Wildman–Crippen MR) is 90.9 cm³/mol. The highest BCUT2D eigenvalue weighted by atomic mass is 16.7. The van der Waals surface area contributed by atoms with Crippen LogP contribution >= 0.6 is 0 Å². The predicted octanol–water partition coefficient (Wildman–Crippen LogP) is 0.645. The van der Waals surface area contributed by atoms with Crippen LogP contribution in [0.15, 0.2) is 24.5 Å². The molecule has 1 saturated heterocycles. The van der Waals surface area contributed by atoms with Gasteiger partial charge in [0.15, 0.2) is 17.6 Å². The number of H-pyrrole nitrogens is 1. The molecule has 0 radical (unpaired) electrons. The fourth-order valence-corrected chi connectivity index (χ4v) is 3.11. The molecule has 1 aromatic carbocycles. The first-order valence-corrected chi connectivity index (χ1v) is 8.61. The SMILES string of the molecule is CC(Oc1ccc2c(c1)OCO2)C(=O)N1CCN(Cc2ncn[nH]2)CC1. The summed E-state index contributed by atoms with van der Waals surface area (Å²) < 4.78 is 16.4. The van der Waals surface area contributed by atoms with Crippen molar-refractivity contribution in [2.45, 2.75) is 19.6 Å². The highest BCUT2D eigenvalue weighted by Crippen LogP contribution is 2.35. The summed E-state index contributed by atoms with van der Waals surface area (Å²) >= 11 is 0. The highest BCUT2D eigenvalue weighted by molar-refractivity contribution is 5.81. The maximum atomic E-state index is 12.7. The van der Waals surface area contributed by atoms with Crippen LogP contribution in [0, 0.1) is 0 Å². The fraction of sp³-hybridized carbons (Fsp3) is 0.471. The van der Waals surface area contributed by atoms with Gasteiger partial charge in [-0.1, -0.05) is 0 Å². The number of nitrogens with one attached hydrogen (secondary N) is 1. The van der Waals surface area contributed by atoms with Gasteiger partial charge < -0.3 is 19.1 Å². The van der Waals surface area contributed by atoms with Gasteiger partial charge in [0, 0.05) is 32.2 Å². The first-order chi connectivity index (χ1) is 12.7. The quantitative estimate of drug-likeness (QED) is 0.838. The third kappa shape index (κ3) is 3.57. The highest BCUT2D eigenvalue weighted by Gasteiger charge is 2.26. The lowest BCUT2D eigenvalue weighted by Gasteiger charge is -2.35. The van der Waals surface area contributed by atoms with Gasteiger partial charge in [-0.2, -0.15) is 5.10 Å². The Morgan fingerprint density at radius 1 is 1.27 bits per heavy atom. The molecule has 2 aliphatic rings. The number of aromatic amines is 1. The summed E-state index contributed by atoms with van der Waals surface area (Å²) in [5.41, 5.74) is 0. The molecule has 1 aromatic heterocycles. The molecule has 2 aromatic rings. The minimum atomic E-state index is -0.559. The van der Waals surface area contributed by atoms with Gasteiger partial charge in [0.25, 0.3) is 5.91 Å². The molecule has 9 nitrogen and oxygen atoms in total. The number of carbonyl (C=O) groups is 1. The van der Waals surface area contributed by atoms with Crippen LogP contribution in [0.1, 0.15) is 12.7 Å². The van der Waals surface area contributed by atoms with Gasteiger partial charge in [-0.25, -0.2) is 4.98 Å². The maximum Gasteiger partial charge on any atom is 0.263 e. The third-order valence-corrected chi connectivity index (χ3v) is 4.53. The number of fused-ring (bicyclic) bond motifs is 1. The zero-order valence-corrected chi connectivity index (χ0v) is 14.6. The van der Waals surface area contributed by atoms with Crippen molar-refractivity contribution in [1.29, 1.82) is 0 Å². The van der Waals surface area contributed by atoms with Crippen molar-refractivity contribution < 1.29 is 19.0 Å². The van der Waals surface area contributed by atoms with Crippen LogP contribution in [0.25, 0.3) is 0 Å². The van der Waals surface area contributed by atoms with E-state index < -0.39 is 6.10 Å². The monoisotopic (exact) mass is 359 g/mol. The van der Waals surface area contributed by atoms with Crippen molar-refractivity contribution >= 4 is 5.91 Å². The third-order valence-electron chi connectivity index (χ3n) is 4.53. The first kappa shape index (κ1) is 16.6. The molecule has 0 bridgehead atoms. The number of amides is 1. The summed E-state index contributed by atoms with van der Waals surface area (Å²) in [6.45, 7) is 5.63. The summed E-state index contributed by atoms with van der Waals surface area (Å²) in [5, 5.41) is 6.71. The Bertz CT molecular complexity index is 759. The van der Waals surface area contributed by atoms with E-state index in [0.717, 1.165) is 18.9 Å². The van der Waals surface area contributed by atoms with E-state index >= 15 is 0 Å². The van der Waals surface area contributed by atoms with Gasteiger partial charge in [-0.3, -0.25) is 14.8 Å². The first-order valence-electron chi connectivity index (χ1n) is 8.61. The summed E-state index contributed by atoms with van der Waals surface area (Å²) in [6, 6.07) is 5.32. The number of hydrogen-bond donors (Lipinski definition) is 1. The van der Waals surface area contributed by atoms with E-state index in [0.29, 0.717) is 36.9 Å². The molecular weight excluding hydrogens is 338 g/mol. The van der Waals surface area contributed by atoms with Crippen molar-refractivity contribution in [3.8, 4) is 17.2 Å². The Kier molecular flexibility index (Phi) is 4.61. The van der Waals surface area contributed by atoms with Crippen molar-refractivity contribution in [3.63, 3.8) is 0 Å². The summed E-state index contributed by atoms with van der Waals surface area (Å²) in [4.78, 5) is 20.9. The standard InChI is InChI=1S/C17H21N5O4/c1-12(26-13-2-3-14-15(8-13)25-11-24-14)17(23)22-6-4-21(5-7-22)9-16-18-10-19-20-16/h2-3,8,10,12H,4-7,9,11H2,1H3,(H,18,19,20). The molecule has 0 saturated carbocycles. The van der Waals surface area contributed by atoms with Gasteiger partial charge in [0.05, 0.1) is 6.54 Å².